The molecule has 20 heavy (non-hydrogen) atoms. The first-order chi connectivity index (χ1) is 9.59. The predicted molar refractivity (Wildman–Crippen MR) is 82.8 cm³/mol. The Hall–Kier alpha value is -1.07. The summed E-state index contributed by atoms with van der Waals surface area (Å²) >= 11 is 1.68. The highest BCUT2D eigenvalue weighted by molar-refractivity contribution is 8.00. The number of hydrogen-bond donors (Lipinski definition) is 0. The van der Waals surface area contributed by atoms with Crippen molar-refractivity contribution in [3.63, 3.8) is 0 Å². The van der Waals surface area contributed by atoms with Gasteiger partial charge in [-0.25, -0.2) is 4.39 Å². The zero-order valence-electron chi connectivity index (χ0n) is 12.0. The topological polar surface area (TPSA) is 23.6 Å². The second-order valence-electron chi connectivity index (χ2n) is 5.25. The van der Waals surface area contributed by atoms with Gasteiger partial charge in [0.05, 0.1) is 10.9 Å². The molecule has 1 aromatic carbocycles. The minimum absolute atomic E-state index is 0.0386. The Morgan fingerprint density at radius 3 is 2.85 bits per heavy atom. The standard InChI is InChI=1S/C15H21FN2OS/c1-17(2)10-11-20-14-8-5-9-18(15(14)19)13-7-4-3-6-12(13)16/h3-4,6-7,14H,5,8-11H2,1-2H3/t14-/m1/s1. The Morgan fingerprint density at radius 1 is 1.40 bits per heavy atom. The van der Waals surface area contributed by atoms with E-state index in [9.17, 15) is 9.18 Å². The molecular weight excluding hydrogens is 275 g/mol. The van der Waals surface area contributed by atoms with Crippen LogP contribution in [0.15, 0.2) is 24.3 Å². The van der Waals surface area contributed by atoms with Crippen molar-refractivity contribution in [2.45, 2.75) is 18.1 Å². The number of benzene rings is 1. The summed E-state index contributed by atoms with van der Waals surface area (Å²) in [6.07, 6.45) is 1.82. The van der Waals surface area contributed by atoms with Gasteiger partial charge >= 0.3 is 0 Å². The summed E-state index contributed by atoms with van der Waals surface area (Å²) in [5.74, 6) is 0.652. The third kappa shape index (κ3) is 3.73. The summed E-state index contributed by atoms with van der Waals surface area (Å²) in [5.41, 5.74) is 0.412. The Morgan fingerprint density at radius 2 is 2.15 bits per heavy atom. The van der Waals surface area contributed by atoms with Crippen LogP contribution >= 0.6 is 11.8 Å². The maximum Gasteiger partial charge on any atom is 0.240 e. The van der Waals surface area contributed by atoms with Gasteiger partial charge < -0.3 is 9.80 Å². The molecule has 0 radical (unpaired) electrons. The van der Waals surface area contributed by atoms with Gasteiger partial charge in [-0.3, -0.25) is 4.79 Å². The fraction of sp³-hybridized carbons (Fsp3) is 0.533. The van der Waals surface area contributed by atoms with Crippen molar-refractivity contribution in [3.8, 4) is 0 Å². The number of para-hydroxylation sites is 1. The van der Waals surface area contributed by atoms with E-state index in [4.69, 9.17) is 0 Å². The highest BCUT2D eigenvalue weighted by atomic mass is 32.2. The van der Waals surface area contributed by atoms with Crippen molar-refractivity contribution in [1.82, 2.24) is 4.90 Å². The highest BCUT2D eigenvalue weighted by Crippen LogP contribution is 2.29. The van der Waals surface area contributed by atoms with Crippen LogP contribution in [-0.4, -0.2) is 49.0 Å². The molecule has 1 amide bonds. The van der Waals surface area contributed by atoms with Gasteiger partial charge in [-0.15, -0.1) is 11.8 Å². The molecule has 1 aliphatic heterocycles. The number of halogens is 1. The smallest absolute Gasteiger partial charge is 0.240 e. The molecule has 0 saturated carbocycles. The zero-order valence-corrected chi connectivity index (χ0v) is 12.8. The van der Waals surface area contributed by atoms with Crippen molar-refractivity contribution in [3.05, 3.63) is 30.1 Å². The maximum atomic E-state index is 13.8. The van der Waals surface area contributed by atoms with Gasteiger partial charge in [-0.1, -0.05) is 12.1 Å². The SMILES string of the molecule is CN(C)CCS[C@@H]1CCCN(c2ccccc2F)C1=O. The lowest BCUT2D eigenvalue weighted by atomic mass is 10.1. The fourth-order valence-electron chi connectivity index (χ4n) is 2.28. The summed E-state index contributed by atoms with van der Waals surface area (Å²) in [7, 11) is 4.05. The van der Waals surface area contributed by atoms with Gasteiger partial charge in [0.15, 0.2) is 0 Å². The Kier molecular flexibility index (Phi) is 5.43. The first-order valence-corrected chi connectivity index (χ1v) is 7.96. The van der Waals surface area contributed by atoms with E-state index in [1.807, 2.05) is 14.1 Å². The van der Waals surface area contributed by atoms with Crippen molar-refractivity contribution in [1.29, 1.82) is 0 Å². The molecule has 3 nitrogen and oxygen atoms in total. The molecule has 1 aromatic rings. The minimum atomic E-state index is -0.320. The summed E-state index contributed by atoms with van der Waals surface area (Å²) in [4.78, 5) is 16.2. The van der Waals surface area contributed by atoms with Crippen LogP contribution < -0.4 is 4.90 Å². The normalized spacial score (nSPS) is 19.7. The average molecular weight is 296 g/mol. The van der Waals surface area contributed by atoms with Crippen LogP contribution in [0.1, 0.15) is 12.8 Å². The molecular formula is C15H21FN2OS. The van der Waals surface area contributed by atoms with Crippen LogP contribution in [0.2, 0.25) is 0 Å². The number of carbonyl (C=O) groups excluding carboxylic acids is 1. The zero-order chi connectivity index (χ0) is 14.5. The summed E-state index contributed by atoms with van der Waals surface area (Å²) in [6.45, 7) is 1.57. The lowest BCUT2D eigenvalue weighted by Gasteiger charge is -2.32. The molecule has 0 spiro atoms. The van der Waals surface area contributed by atoms with Crippen LogP contribution in [0.25, 0.3) is 0 Å². The number of rotatable bonds is 5. The highest BCUT2D eigenvalue weighted by Gasteiger charge is 2.30. The van der Waals surface area contributed by atoms with E-state index in [0.29, 0.717) is 12.2 Å². The number of carbonyl (C=O) groups is 1. The summed E-state index contributed by atoms with van der Waals surface area (Å²) < 4.78 is 13.8. The average Bonchev–Trinajstić information content (AvgIpc) is 2.41. The molecule has 1 saturated heterocycles. The Bertz CT molecular complexity index is 467. The molecule has 1 heterocycles. The Balaban J connectivity index is 2.02. The molecule has 0 unspecified atom stereocenters. The molecule has 5 heteroatoms. The number of nitrogens with zero attached hydrogens (tertiary/aromatic N) is 2. The number of anilines is 1. The van der Waals surface area contributed by atoms with Crippen molar-refractivity contribution in [2.24, 2.45) is 0 Å². The third-order valence-corrected chi connectivity index (χ3v) is 4.65. The fourth-order valence-corrected chi connectivity index (χ4v) is 3.64. The van der Waals surface area contributed by atoms with Crippen molar-refractivity contribution in [2.75, 3.05) is 37.8 Å². The number of amides is 1. The van der Waals surface area contributed by atoms with E-state index in [1.165, 1.54) is 6.07 Å². The first kappa shape index (κ1) is 15.3. The lowest BCUT2D eigenvalue weighted by Crippen LogP contribution is -2.43. The van der Waals surface area contributed by atoms with Gasteiger partial charge in [0.25, 0.3) is 0 Å². The van der Waals surface area contributed by atoms with Crippen molar-refractivity contribution >= 4 is 23.4 Å². The lowest BCUT2D eigenvalue weighted by molar-refractivity contribution is -0.119. The molecule has 0 N–H and O–H groups in total. The molecule has 1 fully saturated rings. The van der Waals surface area contributed by atoms with Gasteiger partial charge in [0.2, 0.25) is 5.91 Å². The molecule has 0 aliphatic carbocycles. The van der Waals surface area contributed by atoms with E-state index in [0.717, 1.165) is 25.1 Å². The monoisotopic (exact) mass is 296 g/mol. The van der Waals surface area contributed by atoms with E-state index in [2.05, 4.69) is 4.90 Å². The largest absolute Gasteiger partial charge is 0.309 e. The second kappa shape index (κ2) is 7.09. The maximum absolute atomic E-state index is 13.8. The van der Waals surface area contributed by atoms with Gasteiger partial charge in [0, 0.05) is 18.8 Å². The van der Waals surface area contributed by atoms with Gasteiger partial charge in [-0.05, 0) is 39.1 Å². The van der Waals surface area contributed by atoms with Gasteiger partial charge in [-0.2, -0.15) is 0 Å². The Labute approximate surface area is 124 Å². The van der Waals surface area contributed by atoms with E-state index in [1.54, 1.807) is 34.9 Å². The predicted octanol–water partition coefficient (Wildman–Crippen LogP) is 2.62. The molecule has 1 aliphatic rings. The second-order valence-corrected chi connectivity index (χ2v) is 6.56. The van der Waals surface area contributed by atoms with Crippen LogP contribution in [-0.2, 0) is 4.79 Å². The number of hydrogen-bond acceptors (Lipinski definition) is 3. The van der Waals surface area contributed by atoms with E-state index in [-0.39, 0.29) is 17.0 Å². The quantitative estimate of drug-likeness (QED) is 0.834. The third-order valence-electron chi connectivity index (χ3n) is 3.39. The molecule has 0 aromatic heterocycles. The van der Waals surface area contributed by atoms with Crippen LogP contribution in [0.5, 0.6) is 0 Å². The van der Waals surface area contributed by atoms with Crippen LogP contribution in [0.3, 0.4) is 0 Å². The number of piperidine rings is 1. The van der Waals surface area contributed by atoms with Crippen molar-refractivity contribution < 1.29 is 9.18 Å². The van der Waals surface area contributed by atoms with E-state index >= 15 is 0 Å². The van der Waals surface area contributed by atoms with Crippen LogP contribution in [0, 0.1) is 5.82 Å². The molecule has 1 atom stereocenters. The molecule has 0 bridgehead atoms. The van der Waals surface area contributed by atoms with E-state index < -0.39 is 0 Å². The summed E-state index contributed by atoms with van der Waals surface area (Å²) in [6, 6.07) is 6.51. The number of thioether (sulfide) groups is 1. The minimum Gasteiger partial charge on any atom is -0.309 e. The van der Waals surface area contributed by atoms with Crippen LogP contribution in [0.4, 0.5) is 10.1 Å². The van der Waals surface area contributed by atoms with Gasteiger partial charge in [0.1, 0.15) is 5.82 Å². The summed E-state index contributed by atoms with van der Waals surface area (Å²) in [5, 5.41) is -0.0386. The molecule has 2 rings (SSSR count). The first-order valence-electron chi connectivity index (χ1n) is 6.92. The molecule has 110 valence electrons.